The third kappa shape index (κ3) is 2.57. The molecule has 18 heavy (non-hydrogen) atoms. The molecule has 1 aromatic heterocycles. The van der Waals surface area contributed by atoms with Gasteiger partial charge in [0.25, 0.3) is 5.91 Å². The first-order valence-corrected chi connectivity index (χ1v) is 5.79. The first-order valence-electron chi connectivity index (χ1n) is 5.79. The Hall–Kier alpha value is -2.14. The molecule has 0 bridgehead atoms. The Morgan fingerprint density at radius 1 is 1.39 bits per heavy atom. The van der Waals surface area contributed by atoms with Crippen molar-refractivity contribution in [2.45, 2.75) is 0 Å². The maximum atomic E-state index is 12.0. The summed E-state index contributed by atoms with van der Waals surface area (Å²) in [6, 6.07) is 9.72. The van der Waals surface area contributed by atoms with Crippen molar-refractivity contribution in [1.82, 2.24) is 15.1 Å². The number of aromatic nitrogens is 2. The highest BCUT2D eigenvalue weighted by Crippen LogP contribution is 2.22. The molecule has 1 amide bonds. The van der Waals surface area contributed by atoms with Crippen molar-refractivity contribution < 1.29 is 4.79 Å². The predicted octanol–water partition coefficient (Wildman–Crippen LogP) is 0.776. The lowest BCUT2D eigenvalue weighted by Crippen LogP contribution is -2.29. The highest BCUT2D eigenvalue weighted by Gasteiger charge is 2.16. The van der Waals surface area contributed by atoms with Crippen LogP contribution >= 0.6 is 0 Å². The summed E-state index contributed by atoms with van der Waals surface area (Å²) in [5.41, 5.74) is 7.60. The second-order valence-electron chi connectivity index (χ2n) is 3.98. The summed E-state index contributed by atoms with van der Waals surface area (Å²) in [5.74, 6) is -0.195. The molecular weight excluding hydrogens is 228 g/mol. The molecule has 0 saturated heterocycles. The minimum atomic E-state index is -0.195. The Labute approximate surface area is 106 Å². The van der Waals surface area contributed by atoms with Crippen LogP contribution < -0.4 is 11.1 Å². The van der Waals surface area contributed by atoms with E-state index in [2.05, 4.69) is 10.4 Å². The number of nitrogens with zero attached hydrogens (tertiary/aromatic N) is 2. The van der Waals surface area contributed by atoms with Crippen LogP contribution in [0, 0.1) is 0 Å². The number of carbonyl (C=O) groups excluding carboxylic acids is 1. The fourth-order valence-electron chi connectivity index (χ4n) is 1.75. The molecule has 0 radical (unpaired) electrons. The number of aryl methyl sites for hydroxylation is 1. The Morgan fingerprint density at radius 2 is 2.11 bits per heavy atom. The Balaban J connectivity index is 2.34. The van der Waals surface area contributed by atoms with Crippen molar-refractivity contribution in [3.63, 3.8) is 0 Å². The third-order valence-electron chi connectivity index (χ3n) is 2.56. The van der Waals surface area contributed by atoms with Crippen LogP contribution in [0.4, 0.5) is 0 Å². The van der Waals surface area contributed by atoms with Crippen LogP contribution in [0.25, 0.3) is 11.1 Å². The normalized spacial score (nSPS) is 10.3. The Morgan fingerprint density at radius 3 is 2.78 bits per heavy atom. The van der Waals surface area contributed by atoms with Gasteiger partial charge >= 0.3 is 0 Å². The molecule has 0 spiro atoms. The largest absolute Gasteiger partial charge is 0.349 e. The van der Waals surface area contributed by atoms with Gasteiger partial charge in [-0.05, 0) is 5.56 Å². The first kappa shape index (κ1) is 12.3. The highest BCUT2D eigenvalue weighted by atomic mass is 16.1. The van der Waals surface area contributed by atoms with Crippen LogP contribution in [0.1, 0.15) is 10.5 Å². The van der Waals surface area contributed by atoms with Crippen molar-refractivity contribution >= 4 is 5.91 Å². The monoisotopic (exact) mass is 244 g/mol. The second-order valence-corrected chi connectivity index (χ2v) is 3.98. The van der Waals surface area contributed by atoms with E-state index in [0.29, 0.717) is 18.8 Å². The topological polar surface area (TPSA) is 72.9 Å². The number of rotatable bonds is 4. The molecule has 0 fully saturated rings. The van der Waals surface area contributed by atoms with Gasteiger partial charge in [0.15, 0.2) is 5.69 Å². The fourth-order valence-corrected chi connectivity index (χ4v) is 1.75. The summed E-state index contributed by atoms with van der Waals surface area (Å²) in [6.07, 6.45) is 1.84. The number of hydrogen-bond acceptors (Lipinski definition) is 3. The summed E-state index contributed by atoms with van der Waals surface area (Å²) < 4.78 is 1.64. The maximum absolute atomic E-state index is 12.0. The number of nitrogens with one attached hydrogen (secondary N) is 1. The number of carbonyl (C=O) groups is 1. The lowest BCUT2D eigenvalue weighted by atomic mass is 10.1. The van der Waals surface area contributed by atoms with Crippen molar-refractivity contribution in [1.29, 1.82) is 0 Å². The number of benzene rings is 1. The summed E-state index contributed by atoms with van der Waals surface area (Å²) in [7, 11) is 1.80. The lowest BCUT2D eigenvalue weighted by Gasteiger charge is -2.03. The van der Waals surface area contributed by atoms with E-state index in [4.69, 9.17) is 5.73 Å². The molecule has 2 rings (SSSR count). The SMILES string of the molecule is Cn1cc(-c2ccccc2)c(C(=O)NCCN)n1. The van der Waals surface area contributed by atoms with Gasteiger partial charge in [-0.2, -0.15) is 5.10 Å². The molecular formula is C13H16N4O. The zero-order chi connectivity index (χ0) is 13.0. The molecule has 0 saturated carbocycles. The average molecular weight is 244 g/mol. The Kier molecular flexibility index (Phi) is 3.74. The van der Waals surface area contributed by atoms with E-state index in [0.717, 1.165) is 11.1 Å². The molecule has 0 aliphatic carbocycles. The van der Waals surface area contributed by atoms with Crippen LogP contribution in [0.2, 0.25) is 0 Å². The zero-order valence-corrected chi connectivity index (χ0v) is 10.3. The number of hydrogen-bond donors (Lipinski definition) is 2. The van der Waals surface area contributed by atoms with Gasteiger partial charge in [-0.3, -0.25) is 9.48 Å². The van der Waals surface area contributed by atoms with Crippen LogP contribution in [0.5, 0.6) is 0 Å². The molecule has 1 heterocycles. The molecule has 3 N–H and O–H groups in total. The Bertz CT molecular complexity index is 533. The fraction of sp³-hybridized carbons (Fsp3) is 0.231. The molecule has 94 valence electrons. The number of amides is 1. The minimum absolute atomic E-state index is 0.195. The maximum Gasteiger partial charge on any atom is 0.272 e. The molecule has 0 unspecified atom stereocenters. The van der Waals surface area contributed by atoms with Gasteiger partial charge in [-0.25, -0.2) is 0 Å². The predicted molar refractivity (Wildman–Crippen MR) is 70.0 cm³/mol. The van der Waals surface area contributed by atoms with E-state index >= 15 is 0 Å². The van der Waals surface area contributed by atoms with Crippen molar-refractivity contribution in [2.75, 3.05) is 13.1 Å². The highest BCUT2D eigenvalue weighted by molar-refractivity contribution is 5.98. The molecule has 1 aromatic carbocycles. The molecule has 5 heteroatoms. The van der Waals surface area contributed by atoms with E-state index in [1.807, 2.05) is 36.5 Å². The van der Waals surface area contributed by atoms with Crippen LogP contribution in [0.15, 0.2) is 36.5 Å². The lowest BCUT2D eigenvalue weighted by molar-refractivity contribution is 0.0949. The summed E-state index contributed by atoms with van der Waals surface area (Å²) >= 11 is 0. The molecule has 2 aromatic rings. The van der Waals surface area contributed by atoms with Gasteiger partial charge in [0.1, 0.15) is 0 Å². The van der Waals surface area contributed by atoms with Gasteiger partial charge in [-0.15, -0.1) is 0 Å². The van der Waals surface area contributed by atoms with Gasteiger partial charge in [0, 0.05) is 31.9 Å². The quantitative estimate of drug-likeness (QED) is 0.834. The zero-order valence-electron chi connectivity index (χ0n) is 10.3. The van der Waals surface area contributed by atoms with Crippen LogP contribution in [-0.4, -0.2) is 28.8 Å². The second kappa shape index (κ2) is 5.46. The van der Waals surface area contributed by atoms with Gasteiger partial charge in [-0.1, -0.05) is 30.3 Å². The van der Waals surface area contributed by atoms with E-state index < -0.39 is 0 Å². The molecule has 0 aliphatic rings. The third-order valence-corrected chi connectivity index (χ3v) is 2.56. The number of nitrogens with two attached hydrogens (primary N) is 1. The van der Waals surface area contributed by atoms with E-state index in [1.165, 1.54) is 0 Å². The summed E-state index contributed by atoms with van der Waals surface area (Å²) in [4.78, 5) is 12.0. The van der Waals surface area contributed by atoms with Crippen molar-refractivity contribution in [3.05, 3.63) is 42.2 Å². The van der Waals surface area contributed by atoms with E-state index in [9.17, 15) is 4.79 Å². The van der Waals surface area contributed by atoms with Crippen LogP contribution in [-0.2, 0) is 7.05 Å². The molecule has 0 aliphatic heterocycles. The molecule has 5 nitrogen and oxygen atoms in total. The van der Waals surface area contributed by atoms with E-state index in [-0.39, 0.29) is 5.91 Å². The van der Waals surface area contributed by atoms with E-state index in [1.54, 1.807) is 11.7 Å². The standard InChI is InChI=1S/C13H16N4O/c1-17-9-11(10-5-3-2-4-6-10)12(16-17)13(18)15-8-7-14/h2-6,9H,7-8,14H2,1H3,(H,15,18). The average Bonchev–Trinajstić information content (AvgIpc) is 2.79. The summed E-state index contributed by atoms with van der Waals surface area (Å²) in [6.45, 7) is 0.864. The van der Waals surface area contributed by atoms with Crippen molar-refractivity contribution in [3.8, 4) is 11.1 Å². The summed E-state index contributed by atoms with van der Waals surface area (Å²) in [5, 5.41) is 6.94. The van der Waals surface area contributed by atoms with Crippen molar-refractivity contribution in [2.24, 2.45) is 12.8 Å². The van der Waals surface area contributed by atoms with Gasteiger partial charge < -0.3 is 11.1 Å². The van der Waals surface area contributed by atoms with Gasteiger partial charge in [0.2, 0.25) is 0 Å². The van der Waals surface area contributed by atoms with Crippen LogP contribution in [0.3, 0.4) is 0 Å². The van der Waals surface area contributed by atoms with Gasteiger partial charge in [0.05, 0.1) is 0 Å². The minimum Gasteiger partial charge on any atom is -0.349 e. The molecule has 0 atom stereocenters. The first-order chi connectivity index (χ1) is 8.72. The smallest absolute Gasteiger partial charge is 0.272 e.